The van der Waals surface area contributed by atoms with Gasteiger partial charge in [0.1, 0.15) is 17.2 Å². The highest BCUT2D eigenvalue weighted by molar-refractivity contribution is 7.46. The van der Waals surface area contributed by atoms with Crippen molar-refractivity contribution < 1.29 is 29.1 Å². The molecule has 0 aliphatic carbocycles. The van der Waals surface area contributed by atoms with Crippen molar-refractivity contribution in [1.82, 2.24) is 0 Å². The summed E-state index contributed by atoms with van der Waals surface area (Å²) in [5, 5.41) is 19.9. The van der Waals surface area contributed by atoms with Crippen molar-refractivity contribution in [3.8, 4) is 17.2 Å². The summed E-state index contributed by atoms with van der Waals surface area (Å²) in [7, 11) is -4.75. The Morgan fingerprint density at radius 3 is 2.43 bits per heavy atom. The normalized spacial score (nSPS) is 12.8. The first kappa shape index (κ1) is 17.3. The van der Waals surface area contributed by atoms with Crippen LogP contribution in [-0.4, -0.2) is 20.0 Å². The van der Waals surface area contributed by atoms with Crippen LogP contribution < -0.4 is 4.52 Å². The molecule has 7 heteroatoms. The van der Waals surface area contributed by atoms with Gasteiger partial charge in [0, 0.05) is 11.5 Å². The van der Waals surface area contributed by atoms with E-state index in [9.17, 15) is 14.8 Å². The quantitative estimate of drug-likeness (QED) is 0.601. The van der Waals surface area contributed by atoms with Crippen molar-refractivity contribution in [1.29, 1.82) is 0 Å². The summed E-state index contributed by atoms with van der Waals surface area (Å²) < 4.78 is 15.9. The smallest absolute Gasteiger partial charge is 0.508 e. The van der Waals surface area contributed by atoms with Crippen LogP contribution in [0.15, 0.2) is 42.5 Å². The highest BCUT2D eigenvalue weighted by Crippen LogP contribution is 2.46. The Bertz CT molecular complexity index is 724. The summed E-state index contributed by atoms with van der Waals surface area (Å²) in [6.07, 6.45) is 1.38. The van der Waals surface area contributed by atoms with Crippen molar-refractivity contribution >= 4 is 7.82 Å². The van der Waals surface area contributed by atoms with E-state index in [4.69, 9.17) is 14.3 Å². The number of phosphoric ester groups is 1. The molecular weight excluding hydrogens is 319 g/mol. The Labute approximate surface area is 134 Å². The first-order valence-electron chi connectivity index (χ1n) is 7.17. The van der Waals surface area contributed by atoms with Gasteiger partial charge in [-0.2, -0.15) is 0 Å². The van der Waals surface area contributed by atoms with Gasteiger partial charge < -0.3 is 14.7 Å². The number of hydrogen-bond donors (Lipinski definition) is 4. The molecule has 1 atom stereocenters. The zero-order chi connectivity index (χ0) is 17.0. The van der Waals surface area contributed by atoms with Gasteiger partial charge in [-0.1, -0.05) is 31.5 Å². The highest BCUT2D eigenvalue weighted by Gasteiger charge is 2.26. The van der Waals surface area contributed by atoms with Crippen LogP contribution in [0.2, 0.25) is 0 Å². The molecule has 0 aromatic heterocycles. The molecule has 0 aliphatic rings. The number of aromatic hydroxyl groups is 2. The van der Waals surface area contributed by atoms with Gasteiger partial charge in [-0.15, -0.1) is 0 Å². The first-order valence-corrected chi connectivity index (χ1v) is 8.70. The van der Waals surface area contributed by atoms with Gasteiger partial charge in [-0.25, -0.2) is 4.57 Å². The Kier molecular flexibility index (Phi) is 5.31. The lowest BCUT2D eigenvalue weighted by Crippen LogP contribution is -2.05. The topological polar surface area (TPSA) is 107 Å². The van der Waals surface area contributed by atoms with E-state index in [0.29, 0.717) is 12.0 Å². The summed E-state index contributed by atoms with van der Waals surface area (Å²) in [6.45, 7) is 1.96. The van der Waals surface area contributed by atoms with Gasteiger partial charge >= 0.3 is 7.82 Å². The minimum Gasteiger partial charge on any atom is -0.508 e. The van der Waals surface area contributed by atoms with Crippen LogP contribution in [0.25, 0.3) is 0 Å². The monoisotopic (exact) mass is 338 g/mol. The lowest BCUT2D eigenvalue weighted by Gasteiger charge is -2.22. The van der Waals surface area contributed by atoms with Crippen LogP contribution in [0.1, 0.15) is 36.8 Å². The molecule has 0 aliphatic heterocycles. The van der Waals surface area contributed by atoms with E-state index in [1.165, 1.54) is 24.3 Å². The lowest BCUT2D eigenvalue weighted by molar-refractivity contribution is 0.281. The van der Waals surface area contributed by atoms with Gasteiger partial charge in [0.25, 0.3) is 0 Å². The zero-order valence-corrected chi connectivity index (χ0v) is 13.5. The predicted octanol–water partition coefficient (Wildman–Crippen LogP) is 3.50. The Hall–Kier alpha value is -2.01. The van der Waals surface area contributed by atoms with Crippen molar-refractivity contribution in [3.05, 3.63) is 53.6 Å². The van der Waals surface area contributed by atoms with Crippen LogP contribution in [-0.2, 0) is 4.57 Å². The van der Waals surface area contributed by atoms with Crippen molar-refractivity contribution in [2.45, 2.75) is 25.7 Å². The van der Waals surface area contributed by atoms with E-state index < -0.39 is 7.82 Å². The van der Waals surface area contributed by atoms with E-state index in [1.54, 1.807) is 18.2 Å². The number of rotatable bonds is 6. The van der Waals surface area contributed by atoms with Crippen LogP contribution in [0.4, 0.5) is 0 Å². The minimum atomic E-state index is -4.75. The van der Waals surface area contributed by atoms with E-state index in [1.807, 2.05) is 6.92 Å². The number of benzene rings is 2. The van der Waals surface area contributed by atoms with Gasteiger partial charge in [0.2, 0.25) is 0 Å². The molecule has 2 aromatic carbocycles. The fraction of sp³-hybridized carbons (Fsp3) is 0.250. The van der Waals surface area contributed by atoms with Gasteiger partial charge in [0.15, 0.2) is 0 Å². The first-order chi connectivity index (χ1) is 10.8. The van der Waals surface area contributed by atoms with E-state index in [2.05, 4.69) is 0 Å². The van der Waals surface area contributed by atoms with Gasteiger partial charge in [0.05, 0.1) is 0 Å². The maximum atomic E-state index is 11.2. The highest BCUT2D eigenvalue weighted by atomic mass is 31.2. The average molecular weight is 338 g/mol. The molecule has 6 nitrogen and oxygen atoms in total. The second-order valence-corrected chi connectivity index (χ2v) is 6.37. The molecule has 2 aromatic rings. The zero-order valence-electron chi connectivity index (χ0n) is 12.6. The Morgan fingerprint density at radius 2 is 1.83 bits per heavy atom. The van der Waals surface area contributed by atoms with Crippen molar-refractivity contribution in [2.75, 3.05) is 0 Å². The van der Waals surface area contributed by atoms with Gasteiger partial charge in [-0.05, 0) is 36.2 Å². The molecule has 0 heterocycles. The molecule has 124 valence electrons. The average Bonchev–Trinajstić information content (AvgIpc) is 2.44. The van der Waals surface area contributed by atoms with Gasteiger partial charge in [-0.3, -0.25) is 9.79 Å². The fourth-order valence-electron chi connectivity index (χ4n) is 2.60. The molecule has 2 rings (SSSR count). The number of phenols is 2. The minimum absolute atomic E-state index is 0.0693. The van der Waals surface area contributed by atoms with E-state index >= 15 is 0 Å². The number of hydrogen-bond acceptors (Lipinski definition) is 4. The standard InChI is InChI=1S/C16H19O6P/c1-2-5-13(11-6-3-7-12(17)10-11)16-14(18)8-4-9-15(16)22-23(19,20)21/h3-4,6-10,13,17-18H,2,5H2,1H3,(H2,19,20,21). The molecule has 0 saturated heterocycles. The maximum Gasteiger partial charge on any atom is 0.524 e. The third kappa shape index (κ3) is 4.48. The molecule has 0 radical (unpaired) electrons. The van der Waals surface area contributed by atoms with Crippen LogP contribution >= 0.6 is 7.82 Å². The molecule has 0 bridgehead atoms. The number of phosphoric acid groups is 1. The molecule has 4 N–H and O–H groups in total. The predicted molar refractivity (Wildman–Crippen MR) is 85.6 cm³/mol. The Balaban J connectivity index is 2.57. The van der Waals surface area contributed by atoms with Crippen LogP contribution in [0, 0.1) is 0 Å². The Morgan fingerprint density at radius 1 is 1.13 bits per heavy atom. The SMILES string of the molecule is CCCC(c1cccc(O)c1)c1c(O)cccc1OP(=O)(O)O. The summed E-state index contributed by atoms with van der Waals surface area (Å²) in [5.74, 6) is -0.468. The van der Waals surface area contributed by atoms with Crippen LogP contribution in [0.3, 0.4) is 0 Å². The second-order valence-electron chi connectivity index (χ2n) is 5.21. The van der Waals surface area contributed by atoms with Crippen LogP contribution in [0.5, 0.6) is 17.2 Å². The lowest BCUT2D eigenvalue weighted by atomic mass is 9.86. The molecule has 0 amide bonds. The summed E-state index contributed by atoms with van der Waals surface area (Å²) in [6, 6.07) is 10.9. The molecule has 0 spiro atoms. The molecular formula is C16H19O6P. The molecule has 0 fully saturated rings. The second kappa shape index (κ2) is 7.04. The van der Waals surface area contributed by atoms with Crippen molar-refractivity contribution in [2.24, 2.45) is 0 Å². The molecule has 0 saturated carbocycles. The fourth-order valence-corrected chi connectivity index (χ4v) is 3.01. The summed E-state index contributed by atoms with van der Waals surface area (Å²) in [5.41, 5.74) is 1.02. The van der Waals surface area contributed by atoms with E-state index in [0.717, 1.165) is 12.0 Å². The maximum absolute atomic E-state index is 11.2. The van der Waals surface area contributed by atoms with E-state index in [-0.39, 0.29) is 23.2 Å². The molecule has 23 heavy (non-hydrogen) atoms. The third-order valence-corrected chi connectivity index (χ3v) is 3.89. The number of phenolic OH excluding ortho intramolecular Hbond substituents is 2. The largest absolute Gasteiger partial charge is 0.524 e. The third-order valence-electron chi connectivity index (χ3n) is 3.46. The summed E-state index contributed by atoms with van der Waals surface area (Å²) in [4.78, 5) is 18.2. The molecule has 1 unspecified atom stereocenters. The van der Waals surface area contributed by atoms with Crippen molar-refractivity contribution in [3.63, 3.8) is 0 Å². The summed E-state index contributed by atoms with van der Waals surface area (Å²) >= 11 is 0.